The largest absolute Gasteiger partial charge is 0.387 e. The van der Waals surface area contributed by atoms with Crippen molar-refractivity contribution in [2.24, 2.45) is 7.05 Å². The molecule has 3 rings (SSSR count). The van der Waals surface area contributed by atoms with Gasteiger partial charge < -0.3 is 10.0 Å². The molecule has 128 valence electrons. The van der Waals surface area contributed by atoms with Crippen LogP contribution >= 0.6 is 0 Å². The van der Waals surface area contributed by atoms with E-state index >= 15 is 0 Å². The van der Waals surface area contributed by atoms with E-state index in [1.807, 2.05) is 0 Å². The summed E-state index contributed by atoms with van der Waals surface area (Å²) in [7, 11) is 1.78. The predicted molar refractivity (Wildman–Crippen MR) is 83.3 cm³/mol. The number of piperazine rings is 1. The molecule has 1 aromatic heterocycles. The molecule has 24 heavy (non-hydrogen) atoms. The van der Waals surface area contributed by atoms with Crippen LogP contribution < -0.4 is 4.90 Å². The van der Waals surface area contributed by atoms with Crippen LogP contribution in [0.25, 0.3) is 0 Å². The monoisotopic (exact) mass is 336 g/mol. The molecule has 1 unspecified atom stereocenters. The van der Waals surface area contributed by atoms with Gasteiger partial charge in [0.1, 0.15) is 0 Å². The molecule has 0 saturated carbocycles. The quantitative estimate of drug-likeness (QED) is 0.908. The molecule has 0 radical (unpaired) electrons. The first-order valence-corrected chi connectivity index (χ1v) is 7.58. The Morgan fingerprint density at radius 3 is 2.71 bits per heavy atom. The van der Waals surface area contributed by atoms with Crippen LogP contribution in [0, 0.1) is 11.6 Å². The van der Waals surface area contributed by atoms with Crippen LogP contribution in [0.3, 0.4) is 0 Å². The SMILES string of the molecule is Cn1cc(N2CCN(CC(O)c3ccc(F)c(F)c3)CC2=O)cn1. The molecule has 1 saturated heterocycles. The number of hydrogen-bond acceptors (Lipinski definition) is 4. The van der Waals surface area contributed by atoms with Crippen molar-refractivity contribution in [3.05, 3.63) is 47.8 Å². The van der Waals surface area contributed by atoms with E-state index in [1.54, 1.807) is 33.9 Å². The standard InChI is InChI=1S/C16H18F2N4O2/c1-20-8-12(7-19-20)22-5-4-21(10-16(22)24)9-15(23)11-2-3-13(17)14(18)6-11/h2-3,6-8,15,23H,4-5,9-10H2,1H3. The lowest BCUT2D eigenvalue weighted by Gasteiger charge is -2.34. The number of anilines is 1. The Kier molecular flexibility index (Phi) is 4.59. The summed E-state index contributed by atoms with van der Waals surface area (Å²) in [5.41, 5.74) is 1.03. The topological polar surface area (TPSA) is 61.6 Å². The van der Waals surface area contributed by atoms with Gasteiger partial charge in [0.15, 0.2) is 11.6 Å². The lowest BCUT2D eigenvalue weighted by molar-refractivity contribution is -0.121. The van der Waals surface area contributed by atoms with E-state index in [0.29, 0.717) is 13.1 Å². The number of β-amino-alcohol motifs (C(OH)–C–C–N with tert-alkyl or cyclic N) is 1. The zero-order valence-corrected chi connectivity index (χ0v) is 13.2. The van der Waals surface area contributed by atoms with Gasteiger partial charge in [0.05, 0.1) is 24.5 Å². The number of hydrogen-bond donors (Lipinski definition) is 1. The number of carbonyl (C=O) groups is 1. The number of aryl methyl sites for hydroxylation is 1. The highest BCUT2D eigenvalue weighted by Crippen LogP contribution is 2.20. The van der Waals surface area contributed by atoms with Gasteiger partial charge in [0.25, 0.3) is 0 Å². The molecule has 8 heteroatoms. The molecule has 1 fully saturated rings. The second-order valence-electron chi connectivity index (χ2n) is 5.84. The molecule has 1 amide bonds. The summed E-state index contributed by atoms with van der Waals surface area (Å²) in [6.07, 6.45) is 2.41. The molecule has 1 aliphatic rings. The zero-order valence-electron chi connectivity index (χ0n) is 13.2. The van der Waals surface area contributed by atoms with Crippen molar-refractivity contribution in [1.29, 1.82) is 0 Å². The highest BCUT2D eigenvalue weighted by molar-refractivity contribution is 5.95. The molecule has 6 nitrogen and oxygen atoms in total. The predicted octanol–water partition coefficient (Wildman–Crippen LogP) is 1.08. The Hall–Kier alpha value is -2.32. The van der Waals surface area contributed by atoms with E-state index in [0.717, 1.165) is 17.8 Å². The summed E-state index contributed by atoms with van der Waals surface area (Å²) >= 11 is 0. The first-order chi connectivity index (χ1) is 11.4. The van der Waals surface area contributed by atoms with Gasteiger partial charge in [-0.05, 0) is 17.7 Å². The van der Waals surface area contributed by atoms with Crippen LogP contribution in [0.1, 0.15) is 11.7 Å². The maximum Gasteiger partial charge on any atom is 0.241 e. The number of amides is 1. The van der Waals surface area contributed by atoms with Crippen molar-refractivity contribution in [3.63, 3.8) is 0 Å². The third-order valence-electron chi connectivity index (χ3n) is 4.06. The van der Waals surface area contributed by atoms with Gasteiger partial charge in [-0.25, -0.2) is 8.78 Å². The van der Waals surface area contributed by atoms with Crippen molar-refractivity contribution >= 4 is 11.6 Å². The Morgan fingerprint density at radius 2 is 2.08 bits per heavy atom. The molecule has 0 aliphatic carbocycles. The van der Waals surface area contributed by atoms with Crippen molar-refractivity contribution in [2.45, 2.75) is 6.10 Å². The van der Waals surface area contributed by atoms with Gasteiger partial charge in [-0.1, -0.05) is 6.07 Å². The van der Waals surface area contributed by atoms with Gasteiger partial charge in [0.2, 0.25) is 5.91 Å². The number of aliphatic hydroxyl groups excluding tert-OH is 1. The van der Waals surface area contributed by atoms with Gasteiger partial charge in [-0.2, -0.15) is 5.10 Å². The molecule has 1 atom stereocenters. The normalized spacial score (nSPS) is 17.3. The van der Waals surface area contributed by atoms with Crippen molar-refractivity contribution in [3.8, 4) is 0 Å². The van der Waals surface area contributed by atoms with Crippen molar-refractivity contribution < 1.29 is 18.7 Å². The number of nitrogens with zero attached hydrogens (tertiary/aromatic N) is 4. The van der Waals surface area contributed by atoms with E-state index in [1.165, 1.54) is 6.07 Å². The number of rotatable bonds is 4. The fraction of sp³-hybridized carbons (Fsp3) is 0.375. The molecule has 1 aromatic carbocycles. The van der Waals surface area contributed by atoms with Crippen LogP contribution in [0.4, 0.5) is 14.5 Å². The van der Waals surface area contributed by atoms with Crippen LogP contribution in [0.5, 0.6) is 0 Å². The van der Waals surface area contributed by atoms with Gasteiger partial charge >= 0.3 is 0 Å². The van der Waals surface area contributed by atoms with Crippen LogP contribution in [0.15, 0.2) is 30.6 Å². The summed E-state index contributed by atoms with van der Waals surface area (Å²) in [5.74, 6) is -2.04. The molecule has 1 N–H and O–H groups in total. The lowest BCUT2D eigenvalue weighted by Crippen LogP contribution is -2.51. The van der Waals surface area contributed by atoms with Crippen LogP contribution in [-0.2, 0) is 11.8 Å². The Bertz CT molecular complexity index is 749. The average Bonchev–Trinajstić information content (AvgIpc) is 2.96. The van der Waals surface area contributed by atoms with E-state index < -0.39 is 17.7 Å². The molecule has 2 aromatic rings. The Morgan fingerprint density at radius 1 is 1.29 bits per heavy atom. The molecule has 1 aliphatic heterocycles. The summed E-state index contributed by atoms with van der Waals surface area (Å²) in [6, 6.07) is 3.31. The van der Waals surface area contributed by atoms with Gasteiger partial charge in [0, 0.05) is 32.9 Å². The van der Waals surface area contributed by atoms with Gasteiger partial charge in [-0.3, -0.25) is 14.4 Å². The fourth-order valence-electron chi connectivity index (χ4n) is 2.77. The smallest absolute Gasteiger partial charge is 0.241 e. The van der Waals surface area contributed by atoms with Gasteiger partial charge in [-0.15, -0.1) is 0 Å². The van der Waals surface area contributed by atoms with Crippen molar-refractivity contribution in [2.75, 3.05) is 31.1 Å². The first-order valence-electron chi connectivity index (χ1n) is 7.58. The third-order valence-corrected chi connectivity index (χ3v) is 4.06. The number of benzene rings is 1. The molecule has 2 heterocycles. The maximum atomic E-state index is 13.3. The van der Waals surface area contributed by atoms with Crippen LogP contribution in [0.2, 0.25) is 0 Å². The lowest BCUT2D eigenvalue weighted by atomic mass is 10.1. The number of aliphatic hydroxyl groups is 1. The highest BCUT2D eigenvalue weighted by atomic mass is 19.2. The van der Waals surface area contributed by atoms with E-state index in [-0.39, 0.29) is 24.6 Å². The second kappa shape index (κ2) is 6.66. The zero-order chi connectivity index (χ0) is 17.3. The average molecular weight is 336 g/mol. The highest BCUT2D eigenvalue weighted by Gasteiger charge is 2.27. The Balaban J connectivity index is 1.61. The first kappa shape index (κ1) is 16.5. The number of carbonyl (C=O) groups excluding carboxylic acids is 1. The van der Waals surface area contributed by atoms with E-state index in [9.17, 15) is 18.7 Å². The number of aromatic nitrogens is 2. The third kappa shape index (κ3) is 3.44. The number of halogens is 2. The Labute approximate surface area is 137 Å². The fourth-order valence-corrected chi connectivity index (χ4v) is 2.77. The maximum absolute atomic E-state index is 13.3. The minimum Gasteiger partial charge on any atom is -0.387 e. The van der Waals surface area contributed by atoms with E-state index in [4.69, 9.17) is 0 Å². The molecular formula is C16H18F2N4O2. The van der Waals surface area contributed by atoms with Crippen LogP contribution in [-0.4, -0.2) is 51.9 Å². The minimum absolute atomic E-state index is 0.0910. The molecular weight excluding hydrogens is 318 g/mol. The molecule has 0 spiro atoms. The van der Waals surface area contributed by atoms with Crippen molar-refractivity contribution in [1.82, 2.24) is 14.7 Å². The second-order valence-corrected chi connectivity index (χ2v) is 5.84. The molecule has 0 bridgehead atoms. The van der Waals surface area contributed by atoms with E-state index in [2.05, 4.69) is 5.10 Å². The summed E-state index contributed by atoms with van der Waals surface area (Å²) in [6.45, 7) is 1.38. The summed E-state index contributed by atoms with van der Waals surface area (Å²) < 4.78 is 27.8. The minimum atomic E-state index is -0.996. The summed E-state index contributed by atoms with van der Waals surface area (Å²) in [4.78, 5) is 15.7. The summed E-state index contributed by atoms with van der Waals surface area (Å²) in [5, 5.41) is 14.2.